The number of nitrogens with zero attached hydrogens (tertiary/aromatic N) is 1. The number of benzene rings is 1. The number of aliphatic imine (C=N–C) groups is 1. The van der Waals surface area contributed by atoms with Gasteiger partial charge >= 0.3 is 0 Å². The Morgan fingerprint density at radius 2 is 2.07 bits per heavy atom. The predicted molar refractivity (Wildman–Crippen MR) is 117 cm³/mol. The maximum absolute atomic E-state index is 13.2. The molecule has 0 spiro atoms. The highest BCUT2D eigenvalue weighted by Gasteiger charge is 2.38. The normalized spacial score (nSPS) is 21.3. The maximum Gasteiger partial charge on any atom is 0.191 e. The Morgan fingerprint density at radius 3 is 2.67 bits per heavy atom. The average Bonchev–Trinajstić information content (AvgIpc) is 3.13. The first kappa shape index (κ1) is 22.4. The van der Waals surface area contributed by atoms with E-state index in [1.54, 1.807) is 19.2 Å². The van der Waals surface area contributed by atoms with Crippen molar-refractivity contribution in [2.45, 2.75) is 43.6 Å². The van der Waals surface area contributed by atoms with Crippen LogP contribution in [0.25, 0.3) is 0 Å². The molecule has 27 heavy (non-hydrogen) atoms. The van der Waals surface area contributed by atoms with E-state index >= 15 is 0 Å². The predicted octanol–water partition coefficient (Wildman–Crippen LogP) is 3.23. The van der Waals surface area contributed by atoms with Crippen LogP contribution in [0, 0.1) is 5.82 Å². The van der Waals surface area contributed by atoms with Crippen molar-refractivity contribution in [3.63, 3.8) is 0 Å². The summed E-state index contributed by atoms with van der Waals surface area (Å²) in [6.45, 7) is 3.90. The highest BCUT2D eigenvalue weighted by Crippen LogP contribution is 2.43. The zero-order valence-electron chi connectivity index (χ0n) is 16.0. The molecule has 5 nitrogen and oxygen atoms in total. The van der Waals surface area contributed by atoms with E-state index in [2.05, 4.69) is 15.6 Å². The van der Waals surface area contributed by atoms with Crippen LogP contribution in [0.2, 0.25) is 0 Å². The average molecular weight is 491 g/mol. The van der Waals surface area contributed by atoms with E-state index in [-0.39, 0.29) is 41.3 Å². The van der Waals surface area contributed by atoms with Gasteiger partial charge in [-0.3, -0.25) is 4.99 Å². The number of halogens is 2. The summed E-state index contributed by atoms with van der Waals surface area (Å²) in [6.07, 6.45) is 5.66. The molecule has 152 valence electrons. The zero-order valence-corrected chi connectivity index (χ0v) is 18.3. The molecule has 3 rings (SSSR count). The molecule has 2 aliphatic rings. The first-order chi connectivity index (χ1) is 12.7. The Morgan fingerprint density at radius 1 is 1.30 bits per heavy atom. The van der Waals surface area contributed by atoms with Crippen molar-refractivity contribution in [2.75, 3.05) is 40.0 Å². The highest BCUT2D eigenvalue weighted by molar-refractivity contribution is 14.0. The van der Waals surface area contributed by atoms with Crippen molar-refractivity contribution in [3.05, 3.63) is 35.6 Å². The molecule has 1 aliphatic heterocycles. The molecule has 2 fully saturated rings. The third-order valence-electron chi connectivity index (χ3n) is 5.44. The second-order valence-electron chi connectivity index (χ2n) is 7.20. The number of hydrogen-bond acceptors (Lipinski definition) is 3. The van der Waals surface area contributed by atoms with Gasteiger partial charge in [-0.25, -0.2) is 4.39 Å². The van der Waals surface area contributed by atoms with Crippen LogP contribution in [-0.2, 0) is 14.9 Å². The van der Waals surface area contributed by atoms with Crippen LogP contribution >= 0.6 is 24.0 Å². The molecular weight excluding hydrogens is 460 g/mol. The van der Waals surface area contributed by atoms with Gasteiger partial charge in [0.05, 0.1) is 12.7 Å². The Labute approximate surface area is 178 Å². The van der Waals surface area contributed by atoms with E-state index in [0.29, 0.717) is 0 Å². The van der Waals surface area contributed by atoms with Gasteiger partial charge in [-0.1, -0.05) is 18.6 Å². The molecule has 1 saturated carbocycles. The van der Waals surface area contributed by atoms with Crippen LogP contribution in [0.3, 0.4) is 0 Å². The van der Waals surface area contributed by atoms with Crippen molar-refractivity contribution < 1.29 is 13.9 Å². The second-order valence-corrected chi connectivity index (χ2v) is 7.20. The summed E-state index contributed by atoms with van der Waals surface area (Å²) in [5.74, 6) is 0.627. The molecule has 1 atom stereocenters. The van der Waals surface area contributed by atoms with E-state index in [0.717, 1.165) is 64.6 Å². The molecule has 0 amide bonds. The van der Waals surface area contributed by atoms with Crippen LogP contribution < -0.4 is 10.6 Å². The van der Waals surface area contributed by atoms with Gasteiger partial charge in [-0.05, 0) is 43.4 Å². The molecule has 7 heteroatoms. The van der Waals surface area contributed by atoms with Crippen LogP contribution in [0.15, 0.2) is 29.3 Å². The maximum atomic E-state index is 13.2. The quantitative estimate of drug-likeness (QED) is 0.254. The fourth-order valence-electron chi connectivity index (χ4n) is 3.62. The van der Waals surface area contributed by atoms with E-state index < -0.39 is 0 Å². The van der Waals surface area contributed by atoms with Crippen molar-refractivity contribution in [3.8, 4) is 0 Å². The lowest BCUT2D eigenvalue weighted by atomic mass is 9.64. The minimum atomic E-state index is -0.181. The fourth-order valence-corrected chi connectivity index (χ4v) is 3.62. The van der Waals surface area contributed by atoms with E-state index in [1.807, 2.05) is 12.1 Å². The minimum absolute atomic E-state index is 0. The third kappa shape index (κ3) is 6.29. The molecule has 0 aromatic heterocycles. The lowest BCUT2D eigenvalue weighted by Gasteiger charge is -2.43. The number of ether oxygens (including phenoxy) is 2. The zero-order chi connectivity index (χ0) is 18.2. The molecule has 1 saturated heterocycles. The smallest absolute Gasteiger partial charge is 0.191 e. The van der Waals surface area contributed by atoms with Gasteiger partial charge in [0.1, 0.15) is 5.82 Å². The molecule has 1 heterocycles. The number of rotatable bonds is 8. The molecule has 0 bridgehead atoms. The van der Waals surface area contributed by atoms with Gasteiger partial charge in [0.25, 0.3) is 0 Å². The summed E-state index contributed by atoms with van der Waals surface area (Å²) in [6, 6.07) is 6.93. The Bertz CT molecular complexity index is 587. The topological polar surface area (TPSA) is 54.9 Å². The van der Waals surface area contributed by atoms with Gasteiger partial charge in [-0.15, -0.1) is 24.0 Å². The molecule has 1 aromatic carbocycles. The van der Waals surface area contributed by atoms with Gasteiger partial charge in [-0.2, -0.15) is 0 Å². The fraction of sp³-hybridized carbons (Fsp3) is 0.650. The summed E-state index contributed by atoms with van der Waals surface area (Å²) in [5.41, 5.74) is 1.30. The van der Waals surface area contributed by atoms with Crippen LogP contribution in [0.5, 0.6) is 0 Å². The molecule has 0 radical (unpaired) electrons. The standard InChI is InChI=1S/C20H30FN3O2.HI/c1-22-19(23-11-3-12-26-18-8-13-25-14-18)24-15-20(9-2-10-20)16-4-6-17(21)7-5-16;/h4-7,18H,2-3,8-15H2,1H3,(H2,22,23,24);1H. The van der Waals surface area contributed by atoms with Crippen LogP contribution in [-0.4, -0.2) is 52.0 Å². The third-order valence-corrected chi connectivity index (χ3v) is 5.44. The van der Waals surface area contributed by atoms with Crippen LogP contribution in [0.1, 0.15) is 37.7 Å². The van der Waals surface area contributed by atoms with E-state index in [4.69, 9.17) is 9.47 Å². The lowest BCUT2D eigenvalue weighted by molar-refractivity contribution is 0.0420. The van der Waals surface area contributed by atoms with Crippen LogP contribution in [0.4, 0.5) is 4.39 Å². The largest absolute Gasteiger partial charge is 0.379 e. The SMILES string of the molecule is CN=C(NCCCOC1CCOC1)NCC1(c2ccc(F)cc2)CCC1.I. The minimum Gasteiger partial charge on any atom is -0.379 e. The highest BCUT2D eigenvalue weighted by atomic mass is 127. The van der Waals surface area contributed by atoms with Gasteiger partial charge in [0, 0.05) is 38.8 Å². The summed E-state index contributed by atoms with van der Waals surface area (Å²) >= 11 is 0. The molecule has 1 unspecified atom stereocenters. The summed E-state index contributed by atoms with van der Waals surface area (Å²) in [5, 5.41) is 6.79. The Balaban J connectivity index is 0.00000261. The Kier molecular flexibility index (Phi) is 9.25. The summed E-state index contributed by atoms with van der Waals surface area (Å²) in [4.78, 5) is 4.31. The first-order valence-corrected chi connectivity index (χ1v) is 9.62. The molecular formula is C20H31FIN3O2. The van der Waals surface area contributed by atoms with Gasteiger partial charge in [0.15, 0.2) is 5.96 Å². The monoisotopic (exact) mass is 491 g/mol. The summed E-state index contributed by atoms with van der Waals surface area (Å²) in [7, 11) is 1.78. The van der Waals surface area contributed by atoms with Crippen molar-refractivity contribution in [1.82, 2.24) is 10.6 Å². The van der Waals surface area contributed by atoms with Crippen molar-refractivity contribution in [2.24, 2.45) is 4.99 Å². The number of hydrogen-bond donors (Lipinski definition) is 2. The van der Waals surface area contributed by atoms with E-state index in [9.17, 15) is 4.39 Å². The number of nitrogens with one attached hydrogen (secondary N) is 2. The molecule has 1 aliphatic carbocycles. The summed E-state index contributed by atoms with van der Waals surface area (Å²) < 4.78 is 24.3. The van der Waals surface area contributed by atoms with Crippen molar-refractivity contribution in [1.29, 1.82) is 0 Å². The first-order valence-electron chi connectivity index (χ1n) is 9.62. The van der Waals surface area contributed by atoms with E-state index in [1.165, 1.54) is 12.0 Å². The molecule has 1 aromatic rings. The second kappa shape index (κ2) is 11.2. The Hall–Kier alpha value is -0.930. The lowest BCUT2D eigenvalue weighted by Crippen LogP contribution is -2.49. The molecule has 2 N–H and O–H groups in total. The van der Waals surface area contributed by atoms with Gasteiger partial charge < -0.3 is 20.1 Å². The van der Waals surface area contributed by atoms with Gasteiger partial charge in [0.2, 0.25) is 0 Å². The van der Waals surface area contributed by atoms with Crippen molar-refractivity contribution >= 4 is 29.9 Å². The number of guanidine groups is 1.